The lowest BCUT2D eigenvalue weighted by Crippen LogP contribution is -2.15. The van der Waals surface area contributed by atoms with Crippen LogP contribution in [0.15, 0.2) is 29.1 Å². The molecule has 1 N–H and O–H groups in total. The Morgan fingerprint density at radius 3 is 2.62 bits per heavy atom. The molecule has 1 heterocycles. The maximum Gasteiger partial charge on any atom is 0.274 e. The first-order valence-electron chi connectivity index (χ1n) is 5.51. The molecule has 16 heavy (non-hydrogen) atoms. The molecule has 1 aromatic heterocycles. The van der Waals surface area contributed by atoms with E-state index in [9.17, 15) is 4.79 Å². The molecule has 2 rings (SSSR count). The van der Waals surface area contributed by atoms with Gasteiger partial charge in [0.2, 0.25) is 0 Å². The predicted molar refractivity (Wildman–Crippen MR) is 65.2 cm³/mol. The van der Waals surface area contributed by atoms with Crippen LogP contribution in [0.5, 0.6) is 0 Å². The first-order chi connectivity index (χ1) is 7.63. The Balaban J connectivity index is 2.61. The first-order valence-corrected chi connectivity index (χ1v) is 5.51. The number of rotatable bonds is 2. The van der Waals surface area contributed by atoms with Gasteiger partial charge < -0.3 is 0 Å². The number of aromatic amines is 1. The highest BCUT2D eigenvalue weighted by molar-refractivity contribution is 5.36. The van der Waals surface area contributed by atoms with Crippen LogP contribution in [-0.2, 0) is 6.42 Å². The molecule has 0 saturated heterocycles. The second kappa shape index (κ2) is 4.00. The van der Waals surface area contributed by atoms with Crippen LogP contribution in [0.25, 0.3) is 5.69 Å². The minimum Gasteiger partial charge on any atom is -0.295 e. The Bertz CT molecular complexity index is 564. The van der Waals surface area contributed by atoms with E-state index in [0.717, 1.165) is 28.9 Å². The lowest BCUT2D eigenvalue weighted by molar-refractivity contribution is 0.818. The molecule has 0 amide bonds. The third-order valence-electron chi connectivity index (χ3n) is 2.84. The van der Waals surface area contributed by atoms with Crippen LogP contribution in [0.3, 0.4) is 0 Å². The Hall–Kier alpha value is -1.77. The molecule has 2 aromatic rings. The molecule has 0 aliphatic carbocycles. The smallest absolute Gasteiger partial charge is 0.274 e. The van der Waals surface area contributed by atoms with E-state index in [0.29, 0.717) is 0 Å². The van der Waals surface area contributed by atoms with Crippen LogP contribution in [-0.4, -0.2) is 9.78 Å². The molecule has 0 bridgehead atoms. The number of benzene rings is 1. The van der Waals surface area contributed by atoms with Gasteiger partial charge in [-0.15, -0.1) is 0 Å². The fourth-order valence-electron chi connectivity index (χ4n) is 1.86. The molecule has 0 unspecified atom stereocenters. The summed E-state index contributed by atoms with van der Waals surface area (Å²) < 4.78 is 1.61. The van der Waals surface area contributed by atoms with Crippen LogP contribution in [0.1, 0.15) is 23.7 Å². The van der Waals surface area contributed by atoms with Crippen molar-refractivity contribution in [1.82, 2.24) is 9.78 Å². The van der Waals surface area contributed by atoms with Crippen molar-refractivity contribution < 1.29 is 0 Å². The molecule has 0 radical (unpaired) electrons. The van der Waals surface area contributed by atoms with E-state index in [4.69, 9.17) is 0 Å². The molecular formula is C13H16N2O. The second-order valence-corrected chi connectivity index (χ2v) is 4.05. The fraction of sp³-hybridized carbons (Fsp3) is 0.308. The highest BCUT2D eigenvalue weighted by Crippen LogP contribution is 2.09. The average molecular weight is 216 g/mol. The van der Waals surface area contributed by atoms with Crippen molar-refractivity contribution in [2.75, 3.05) is 0 Å². The van der Waals surface area contributed by atoms with E-state index in [1.807, 2.05) is 45.0 Å². The summed E-state index contributed by atoms with van der Waals surface area (Å²) in [5.74, 6) is 0. The number of nitrogens with zero attached hydrogens (tertiary/aromatic N) is 1. The number of hydrogen-bond donors (Lipinski definition) is 1. The van der Waals surface area contributed by atoms with E-state index in [1.54, 1.807) is 4.68 Å². The molecule has 0 atom stereocenters. The van der Waals surface area contributed by atoms with Crippen molar-refractivity contribution >= 4 is 0 Å². The fourth-order valence-corrected chi connectivity index (χ4v) is 1.86. The van der Waals surface area contributed by atoms with Gasteiger partial charge in [-0.1, -0.05) is 19.1 Å². The van der Waals surface area contributed by atoms with E-state index < -0.39 is 0 Å². The zero-order chi connectivity index (χ0) is 11.7. The highest BCUT2D eigenvalue weighted by Gasteiger charge is 2.09. The van der Waals surface area contributed by atoms with Gasteiger partial charge in [0, 0.05) is 11.3 Å². The van der Waals surface area contributed by atoms with Gasteiger partial charge in [-0.2, -0.15) is 0 Å². The second-order valence-electron chi connectivity index (χ2n) is 4.05. The van der Waals surface area contributed by atoms with Crippen LogP contribution in [0.4, 0.5) is 0 Å². The number of hydrogen-bond acceptors (Lipinski definition) is 1. The lowest BCUT2D eigenvalue weighted by Gasteiger charge is -2.02. The van der Waals surface area contributed by atoms with Crippen molar-refractivity contribution in [2.24, 2.45) is 0 Å². The summed E-state index contributed by atoms with van der Waals surface area (Å²) >= 11 is 0. The largest absolute Gasteiger partial charge is 0.295 e. The standard InChI is InChI=1S/C13H16N2O/c1-4-12-10(3)13(16)15(14-12)11-7-5-6-9(2)8-11/h5-8,14H,4H2,1-3H3. The van der Waals surface area contributed by atoms with E-state index >= 15 is 0 Å². The molecule has 0 aliphatic rings. The topological polar surface area (TPSA) is 37.8 Å². The maximum absolute atomic E-state index is 12.0. The summed E-state index contributed by atoms with van der Waals surface area (Å²) in [6.45, 7) is 5.92. The van der Waals surface area contributed by atoms with Crippen LogP contribution < -0.4 is 5.56 Å². The molecule has 0 spiro atoms. The molecule has 84 valence electrons. The number of aryl methyl sites for hydroxylation is 2. The van der Waals surface area contributed by atoms with Gasteiger partial charge >= 0.3 is 0 Å². The van der Waals surface area contributed by atoms with Crippen LogP contribution in [0, 0.1) is 13.8 Å². The summed E-state index contributed by atoms with van der Waals surface area (Å²) in [7, 11) is 0. The third-order valence-corrected chi connectivity index (χ3v) is 2.84. The number of nitrogens with one attached hydrogen (secondary N) is 1. The third kappa shape index (κ3) is 1.69. The van der Waals surface area contributed by atoms with Gasteiger partial charge in [-0.05, 0) is 38.0 Å². The van der Waals surface area contributed by atoms with E-state index in [1.165, 1.54) is 0 Å². The molecule has 0 saturated carbocycles. The Morgan fingerprint density at radius 1 is 1.31 bits per heavy atom. The summed E-state index contributed by atoms with van der Waals surface area (Å²) in [5.41, 5.74) is 3.90. The van der Waals surface area contributed by atoms with Gasteiger partial charge in [0.1, 0.15) is 0 Å². The Labute approximate surface area is 94.7 Å². The first kappa shape index (κ1) is 10.7. The van der Waals surface area contributed by atoms with Crippen molar-refractivity contribution in [2.45, 2.75) is 27.2 Å². The van der Waals surface area contributed by atoms with Crippen molar-refractivity contribution in [3.63, 3.8) is 0 Å². The summed E-state index contributed by atoms with van der Waals surface area (Å²) in [6, 6.07) is 7.91. The minimum atomic E-state index is 0.0439. The van der Waals surface area contributed by atoms with Gasteiger partial charge in [0.25, 0.3) is 5.56 Å². The molecule has 3 heteroatoms. The number of aromatic nitrogens is 2. The van der Waals surface area contributed by atoms with Crippen molar-refractivity contribution in [1.29, 1.82) is 0 Å². The Kier molecular flexibility index (Phi) is 2.69. The van der Waals surface area contributed by atoms with E-state index in [2.05, 4.69) is 5.10 Å². The zero-order valence-electron chi connectivity index (χ0n) is 9.87. The van der Waals surface area contributed by atoms with Gasteiger partial charge in [0.05, 0.1) is 5.69 Å². The van der Waals surface area contributed by atoms with Crippen molar-refractivity contribution in [3.8, 4) is 5.69 Å². The minimum absolute atomic E-state index is 0.0439. The predicted octanol–water partition coefficient (Wildman–Crippen LogP) is 2.34. The Morgan fingerprint density at radius 2 is 2.06 bits per heavy atom. The summed E-state index contributed by atoms with van der Waals surface area (Å²) in [5, 5.41) is 3.15. The normalized spacial score (nSPS) is 10.7. The SMILES string of the molecule is CCc1[nH]n(-c2cccc(C)c2)c(=O)c1C. The molecule has 0 fully saturated rings. The molecule has 0 aliphatic heterocycles. The molecular weight excluding hydrogens is 200 g/mol. The van der Waals surface area contributed by atoms with Gasteiger partial charge in [-0.3, -0.25) is 9.89 Å². The van der Waals surface area contributed by atoms with Gasteiger partial charge in [0.15, 0.2) is 0 Å². The van der Waals surface area contributed by atoms with Crippen LogP contribution >= 0.6 is 0 Å². The highest BCUT2D eigenvalue weighted by atomic mass is 16.1. The van der Waals surface area contributed by atoms with Crippen molar-refractivity contribution in [3.05, 3.63) is 51.4 Å². The molecule has 1 aromatic carbocycles. The summed E-state index contributed by atoms with van der Waals surface area (Å²) in [6.07, 6.45) is 0.847. The molecule has 3 nitrogen and oxygen atoms in total. The monoisotopic (exact) mass is 216 g/mol. The lowest BCUT2D eigenvalue weighted by atomic mass is 10.2. The number of H-pyrrole nitrogens is 1. The quantitative estimate of drug-likeness (QED) is 0.822. The zero-order valence-corrected chi connectivity index (χ0v) is 9.87. The summed E-state index contributed by atoms with van der Waals surface area (Å²) in [4.78, 5) is 12.0. The van der Waals surface area contributed by atoms with Crippen LogP contribution in [0.2, 0.25) is 0 Å². The average Bonchev–Trinajstić information content (AvgIpc) is 2.56. The van der Waals surface area contributed by atoms with Gasteiger partial charge in [-0.25, -0.2) is 4.68 Å². The maximum atomic E-state index is 12.0. The van der Waals surface area contributed by atoms with E-state index in [-0.39, 0.29) is 5.56 Å².